The van der Waals surface area contributed by atoms with Crippen LogP contribution in [0.4, 0.5) is 18.9 Å². The minimum Gasteiger partial charge on any atom is -0.330 e. The Morgan fingerprint density at radius 3 is 2.61 bits per heavy atom. The summed E-state index contributed by atoms with van der Waals surface area (Å²) in [5.74, 6) is -1.38. The minimum absolute atomic E-state index is 0.0509. The number of amides is 1. The topological polar surface area (TPSA) is 55.1 Å². The molecular weight excluding hydrogens is 269 g/mol. The van der Waals surface area contributed by atoms with Crippen molar-refractivity contribution in [2.75, 3.05) is 11.9 Å². The molecule has 7 heteroatoms. The molecule has 0 bridgehead atoms. The Balaban J connectivity index is 2.62. The van der Waals surface area contributed by atoms with E-state index in [0.29, 0.717) is 0 Å². The zero-order valence-corrected chi connectivity index (χ0v) is 9.90. The van der Waals surface area contributed by atoms with Crippen LogP contribution in [0.2, 0.25) is 5.02 Å². The maximum atomic E-state index is 12.9. The second-order valence-corrected chi connectivity index (χ2v) is 4.41. The van der Waals surface area contributed by atoms with Crippen molar-refractivity contribution in [1.82, 2.24) is 0 Å². The second kappa shape index (κ2) is 4.44. The molecule has 3 nitrogen and oxygen atoms in total. The lowest BCUT2D eigenvalue weighted by Crippen LogP contribution is -2.18. The van der Waals surface area contributed by atoms with Gasteiger partial charge in [0.05, 0.1) is 22.2 Å². The largest absolute Gasteiger partial charge is 0.416 e. The number of nitrogens with two attached hydrogens (primary N) is 1. The first-order valence-electron chi connectivity index (χ1n) is 5.26. The number of fused-ring (bicyclic) bond motifs is 1. The molecule has 0 saturated carbocycles. The highest BCUT2D eigenvalue weighted by molar-refractivity contribution is 6.34. The number of carbonyl (C=O) groups excluding carboxylic acids is 1. The Hall–Kier alpha value is -1.27. The molecule has 1 aromatic carbocycles. The van der Waals surface area contributed by atoms with Crippen molar-refractivity contribution in [1.29, 1.82) is 0 Å². The van der Waals surface area contributed by atoms with E-state index in [1.165, 1.54) is 0 Å². The Morgan fingerprint density at radius 2 is 2.06 bits per heavy atom. The van der Waals surface area contributed by atoms with Gasteiger partial charge in [0.25, 0.3) is 0 Å². The van der Waals surface area contributed by atoms with Crippen molar-refractivity contribution in [2.45, 2.75) is 18.5 Å². The van der Waals surface area contributed by atoms with Crippen LogP contribution in [-0.2, 0) is 11.0 Å². The molecule has 3 N–H and O–H groups in total. The number of alkyl halides is 3. The summed E-state index contributed by atoms with van der Waals surface area (Å²) < 4.78 is 38.7. The molecule has 0 saturated heterocycles. The average Bonchev–Trinajstić information content (AvgIpc) is 2.57. The van der Waals surface area contributed by atoms with Crippen molar-refractivity contribution < 1.29 is 18.0 Å². The van der Waals surface area contributed by atoms with Gasteiger partial charge in [-0.25, -0.2) is 0 Å². The molecule has 1 aliphatic rings. The van der Waals surface area contributed by atoms with E-state index in [-0.39, 0.29) is 29.2 Å². The first-order valence-corrected chi connectivity index (χ1v) is 5.64. The molecule has 0 fully saturated rings. The number of carbonyl (C=O) groups is 1. The molecule has 0 radical (unpaired) electrons. The van der Waals surface area contributed by atoms with E-state index in [1.54, 1.807) is 0 Å². The van der Waals surface area contributed by atoms with Crippen LogP contribution in [0, 0.1) is 0 Å². The summed E-state index contributed by atoms with van der Waals surface area (Å²) in [6.07, 6.45) is -4.37. The van der Waals surface area contributed by atoms with Gasteiger partial charge in [-0.15, -0.1) is 0 Å². The highest BCUT2D eigenvalue weighted by Gasteiger charge is 2.42. The molecule has 0 spiro atoms. The van der Waals surface area contributed by atoms with Gasteiger partial charge < -0.3 is 11.1 Å². The average molecular weight is 279 g/mol. The van der Waals surface area contributed by atoms with Crippen LogP contribution in [0.5, 0.6) is 0 Å². The fourth-order valence-corrected chi connectivity index (χ4v) is 2.32. The number of hydrogen-bond acceptors (Lipinski definition) is 2. The van der Waals surface area contributed by atoms with Gasteiger partial charge in [-0.2, -0.15) is 13.2 Å². The normalized spacial score (nSPS) is 18.7. The van der Waals surface area contributed by atoms with Gasteiger partial charge in [0.2, 0.25) is 5.91 Å². The van der Waals surface area contributed by atoms with E-state index < -0.39 is 23.6 Å². The lowest BCUT2D eigenvalue weighted by Gasteiger charge is -2.15. The predicted octanol–water partition coefficient (Wildman–Crippen LogP) is 2.74. The van der Waals surface area contributed by atoms with E-state index in [2.05, 4.69) is 5.32 Å². The van der Waals surface area contributed by atoms with Crippen LogP contribution >= 0.6 is 11.6 Å². The van der Waals surface area contributed by atoms with Gasteiger partial charge in [-0.1, -0.05) is 11.6 Å². The second-order valence-electron chi connectivity index (χ2n) is 4.00. The van der Waals surface area contributed by atoms with Gasteiger partial charge in [-0.3, -0.25) is 4.79 Å². The summed E-state index contributed by atoms with van der Waals surface area (Å²) >= 11 is 5.81. The Kier molecular flexibility index (Phi) is 3.25. The lowest BCUT2D eigenvalue weighted by molar-refractivity contribution is -0.138. The van der Waals surface area contributed by atoms with Crippen molar-refractivity contribution >= 4 is 23.2 Å². The smallest absolute Gasteiger partial charge is 0.330 e. The Morgan fingerprint density at radius 1 is 1.39 bits per heavy atom. The van der Waals surface area contributed by atoms with Gasteiger partial charge in [0.1, 0.15) is 0 Å². The van der Waals surface area contributed by atoms with E-state index in [4.69, 9.17) is 17.3 Å². The molecule has 1 unspecified atom stereocenters. The summed E-state index contributed by atoms with van der Waals surface area (Å²) in [5, 5.41) is 2.49. The summed E-state index contributed by atoms with van der Waals surface area (Å²) in [7, 11) is 0. The molecule has 18 heavy (non-hydrogen) atoms. The first kappa shape index (κ1) is 13.2. The fourth-order valence-electron chi connectivity index (χ4n) is 2.11. The first-order chi connectivity index (χ1) is 8.36. The van der Waals surface area contributed by atoms with Crippen LogP contribution in [0.15, 0.2) is 12.1 Å². The van der Waals surface area contributed by atoms with Crippen LogP contribution in [0.25, 0.3) is 0 Å². The molecule has 1 amide bonds. The minimum atomic E-state index is -4.52. The third kappa shape index (κ3) is 2.06. The molecule has 1 atom stereocenters. The lowest BCUT2D eigenvalue weighted by atomic mass is 9.92. The zero-order chi connectivity index (χ0) is 13.5. The van der Waals surface area contributed by atoms with Crippen molar-refractivity contribution in [2.24, 2.45) is 5.73 Å². The van der Waals surface area contributed by atoms with Crippen LogP contribution < -0.4 is 11.1 Å². The summed E-state index contributed by atoms with van der Waals surface area (Å²) in [6, 6.07) is 2.03. The molecule has 2 rings (SSSR count). The summed E-state index contributed by atoms with van der Waals surface area (Å²) in [4.78, 5) is 11.7. The summed E-state index contributed by atoms with van der Waals surface area (Å²) in [5.41, 5.74) is 4.45. The van der Waals surface area contributed by atoms with Gasteiger partial charge in [0, 0.05) is 5.56 Å². The Bertz CT molecular complexity index is 502. The van der Waals surface area contributed by atoms with E-state index in [0.717, 1.165) is 12.1 Å². The van der Waals surface area contributed by atoms with Gasteiger partial charge in [-0.05, 0) is 25.1 Å². The third-order valence-corrected chi connectivity index (χ3v) is 3.18. The van der Waals surface area contributed by atoms with Crippen molar-refractivity contribution in [3.63, 3.8) is 0 Å². The molecule has 0 aromatic heterocycles. The van der Waals surface area contributed by atoms with E-state index >= 15 is 0 Å². The highest BCUT2D eigenvalue weighted by Crippen LogP contribution is 2.46. The number of rotatable bonds is 2. The highest BCUT2D eigenvalue weighted by atomic mass is 35.5. The monoisotopic (exact) mass is 278 g/mol. The van der Waals surface area contributed by atoms with E-state index in [9.17, 15) is 18.0 Å². The number of nitrogens with one attached hydrogen (secondary N) is 1. The number of halogens is 4. The number of hydrogen-bond donors (Lipinski definition) is 2. The Labute approximate surface area is 106 Å². The fraction of sp³-hybridized carbons (Fsp3) is 0.364. The van der Waals surface area contributed by atoms with E-state index in [1.807, 2.05) is 0 Å². The maximum absolute atomic E-state index is 12.9. The van der Waals surface area contributed by atoms with Gasteiger partial charge >= 0.3 is 6.18 Å². The van der Waals surface area contributed by atoms with Crippen molar-refractivity contribution in [3.8, 4) is 0 Å². The van der Waals surface area contributed by atoms with Crippen LogP contribution in [-0.4, -0.2) is 12.5 Å². The van der Waals surface area contributed by atoms with Crippen LogP contribution in [0.1, 0.15) is 23.5 Å². The number of benzene rings is 1. The predicted molar refractivity (Wildman–Crippen MR) is 61.5 cm³/mol. The maximum Gasteiger partial charge on any atom is 0.416 e. The molecule has 1 aliphatic heterocycles. The molecular formula is C11H10ClF3N2O. The molecule has 0 aliphatic carbocycles. The third-order valence-electron chi connectivity index (χ3n) is 2.87. The summed E-state index contributed by atoms with van der Waals surface area (Å²) in [6.45, 7) is 0.126. The van der Waals surface area contributed by atoms with Crippen molar-refractivity contribution in [3.05, 3.63) is 28.3 Å². The molecule has 98 valence electrons. The number of anilines is 1. The molecule has 1 heterocycles. The van der Waals surface area contributed by atoms with Gasteiger partial charge in [0.15, 0.2) is 0 Å². The van der Waals surface area contributed by atoms with Crippen LogP contribution in [0.3, 0.4) is 0 Å². The quantitative estimate of drug-likeness (QED) is 0.874. The SMILES string of the molecule is NCCC1C(=O)Nc2c(Cl)ccc(C(F)(F)F)c21. The zero-order valence-electron chi connectivity index (χ0n) is 9.14. The standard InChI is InChI=1S/C11H10ClF3N2O/c12-7-2-1-6(11(13,14)15)8-5(3-4-16)10(18)17-9(7)8/h1-2,5H,3-4,16H2,(H,17,18). The molecule has 1 aromatic rings.